The van der Waals surface area contributed by atoms with E-state index in [4.69, 9.17) is 11.6 Å². The molecule has 152 valence electrons. The summed E-state index contributed by atoms with van der Waals surface area (Å²) in [6, 6.07) is 13.6. The van der Waals surface area contributed by atoms with E-state index in [-0.39, 0.29) is 11.3 Å². The summed E-state index contributed by atoms with van der Waals surface area (Å²) in [6.45, 7) is 2.49. The molecule has 0 aliphatic carbocycles. The second-order valence-corrected chi connectivity index (χ2v) is 7.78. The molecule has 0 spiro atoms. The van der Waals surface area contributed by atoms with Gasteiger partial charge >= 0.3 is 0 Å². The Morgan fingerprint density at radius 2 is 1.69 bits per heavy atom. The van der Waals surface area contributed by atoms with E-state index in [0.29, 0.717) is 17.1 Å². The summed E-state index contributed by atoms with van der Waals surface area (Å²) in [5, 5.41) is 11.5. The molecular formula is C23H25ClN2O3. The number of benzene rings is 2. The molecule has 1 amide bonds. The van der Waals surface area contributed by atoms with Gasteiger partial charge in [0.1, 0.15) is 5.76 Å². The third-order valence-corrected chi connectivity index (χ3v) is 5.39. The molecule has 1 aliphatic heterocycles. The Morgan fingerprint density at radius 1 is 1.07 bits per heavy atom. The maximum Gasteiger partial charge on any atom is 0.295 e. The van der Waals surface area contributed by atoms with Crippen molar-refractivity contribution in [2.75, 3.05) is 25.5 Å². The number of hydrogen-bond acceptors (Lipinski definition) is 4. The summed E-state index contributed by atoms with van der Waals surface area (Å²) >= 11 is 5.94. The number of carbonyl (C=O) groups excluding carboxylic acids is 2. The minimum Gasteiger partial charge on any atom is -0.507 e. The van der Waals surface area contributed by atoms with E-state index >= 15 is 0 Å². The summed E-state index contributed by atoms with van der Waals surface area (Å²) < 4.78 is 0. The maximum absolute atomic E-state index is 12.9. The standard InChI is InChI=1S/C23H25ClN2O3/c1-4-5-14-26-20(15-8-12-18(13-9-15)25(2)3)19(22(28)23(26)29)21(27)16-6-10-17(24)11-7-16/h6-13,20,27H,4-5,14H2,1-3H3. The maximum atomic E-state index is 12.9. The van der Waals surface area contributed by atoms with Gasteiger partial charge in [0, 0.05) is 36.9 Å². The molecule has 5 nitrogen and oxygen atoms in total. The predicted octanol–water partition coefficient (Wildman–Crippen LogP) is 4.63. The largest absolute Gasteiger partial charge is 0.507 e. The average molecular weight is 413 g/mol. The zero-order valence-electron chi connectivity index (χ0n) is 16.9. The lowest BCUT2D eigenvalue weighted by Gasteiger charge is -2.25. The molecule has 0 bridgehead atoms. The van der Waals surface area contributed by atoms with Crippen molar-refractivity contribution in [3.05, 3.63) is 70.3 Å². The van der Waals surface area contributed by atoms with E-state index in [9.17, 15) is 14.7 Å². The average Bonchev–Trinajstić information content (AvgIpc) is 2.97. The van der Waals surface area contributed by atoms with Crippen molar-refractivity contribution in [2.45, 2.75) is 25.8 Å². The van der Waals surface area contributed by atoms with Gasteiger partial charge in [-0.3, -0.25) is 9.59 Å². The van der Waals surface area contributed by atoms with Gasteiger partial charge in [-0.1, -0.05) is 37.1 Å². The fourth-order valence-electron chi connectivity index (χ4n) is 3.50. The Labute approximate surface area is 176 Å². The summed E-state index contributed by atoms with van der Waals surface area (Å²) in [5.41, 5.74) is 2.38. The van der Waals surface area contributed by atoms with Crippen LogP contribution in [0.25, 0.3) is 5.76 Å². The fraction of sp³-hybridized carbons (Fsp3) is 0.304. The molecule has 2 aromatic rings. The van der Waals surface area contributed by atoms with Crippen LogP contribution in [0.2, 0.25) is 5.02 Å². The van der Waals surface area contributed by atoms with Crippen LogP contribution in [0.15, 0.2) is 54.1 Å². The minimum absolute atomic E-state index is 0.117. The molecule has 1 unspecified atom stereocenters. The van der Waals surface area contributed by atoms with Crippen molar-refractivity contribution in [2.24, 2.45) is 0 Å². The Hall–Kier alpha value is -2.79. The van der Waals surface area contributed by atoms with E-state index in [1.165, 1.54) is 0 Å². The van der Waals surface area contributed by atoms with Crippen molar-refractivity contribution in [3.8, 4) is 0 Å². The number of unbranched alkanes of at least 4 members (excludes halogenated alkanes) is 1. The Balaban J connectivity index is 2.13. The molecule has 0 aromatic heterocycles. The molecule has 1 aliphatic rings. The van der Waals surface area contributed by atoms with Crippen molar-refractivity contribution in [1.82, 2.24) is 4.90 Å². The summed E-state index contributed by atoms with van der Waals surface area (Å²) in [4.78, 5) is 29.2. The molecule has 1 atom stereocenters. The van der Waals surface area contributed by atoms with Crippen molar-refractivity contribution in [1.29, 1.82) is 0 Å². The number of rotatable bonds is 6. The number of halogens is 1. The number of carbonyl (C=O) groups is 2. The van der Waals surface area contributed by atoms with Crippen molar-refractivity contribution >= 4 is 34.7 Å². The number of hydrogen-bond donors (Lipinski definition) is 1. The monoisotopic (exact) mass is 412 g/mol. The number of anilines is 1. The van der Waals surface area contributed by atoms with E-state index in [1.807, 2.05) is 50.2 Å². The third kappa shape index (κ3) is 4.15. The van der Waals surface area contributed by atoms with E-state index in [2.05, 4.69) is 0 Å². The van der Waals surface area contributed by atoms with Crippen LogP contribution >= 0.6 is 11.6 Å². The van der Waals surface area contributed by atoms with Crippen molar-refractivity contribution < 1.29 is 14.7 Å². The summed E-state index contributed by atoms with van der Waals surface area (Å²) in [7, 11) is 3.89. The first-order chi connectivity index (χ1) is 13.8. The fourth-order valence-corrected chi connectivity index (χ4v) is 3.63. The topological polar surface area (TPSA) is 60.9 Å². The summed E-state index contributed by atoms with van der Waals surface area (Å²) in [6.07, 6.45) is 1.67. The molecule has 3 rings (SSSR count). The van der Waals surface area contributed by atoms with Gasteiger partial charge in [-0.25, -0.2) is 0 Å². The highest BCUT2D eigenvalue weighted by atomic mass is 35.5. The zero-order valence-corrected chi connectivity index (χ0v) is 17.6. The van der Waals surface area contributed by atoms with Crippen LogP contribution in [-0.4, -0.2) is 42.3 Å². The highest BCUT2D eigenvalue weighted by molar-refractivity contribution is 6.46. The lowest BCUT2D eigenvalue weighted by atomic mass is 9.95. The van der Waals surface area contributed by atoms with Crippen LogP contribution < -0.4 is 4.90 Å². The summed E-state index contributed by atoms with van der Waals surface area (Å²) in [5.74, 6) is -1.41. The molecule has 29 heavy (non-hydrogen) atoms. The smallest absolute Gasteiger partial charge is 0.295 e. The molecule has 1 fully saturated rings. The SMILES string of the molecule is CCCCN1C(=O)C(=O)C(=C(O)c2ccc(Cl)cc2)C1c1ccc(N(C)C)cc1. The molecular weight excluding hydrogens is 388 g/mol. The minimum atomic E-state index is -0.657. The number of nitrogens with zero attached hydrogens (tertiary/aromatic N) is 2. The first-order valence-electron chi connectivity index (χ1n) is 9.66. The van der Waals surface area contributed by atoms with Gasteiger partial charge < -0.3 is 14.9 Å². The molecule has 2 aromatic carbocycles. The second kappa shape index (κ2) is 8.70. The Bertz CT molecular complexity index is 934. The third-order valence-electron chi connectivity index (χ3n) is 5.14. The Morgan fingerprint density at radius 3 is 2.24 bits per heavy atom. The quantitative estimate of drug-likeness (QED) is 0.427. The molecule has 0 saturated carbocycles. The van der Waals surface area contributed by atoms with Gasteiger partial charge in [0.05, 0.1) is 11.6 Å². The molecule has 1 heterocycles. The predicted molar refractivity (Wildman–Crippen MR) is 116 cm³/mol. The first kappa shape index (κ1) is 20.9. The van der Waals surface area contributed by atoms with Gasteiger partial charge in [0.25, 0.3) is 11.7 Å². The van der Waals surface area contributed by atoms with Gasteiger partial charge in [-0.2, -0.15) is 0 Å². The number of amides is 1. The molecule has 1 N–H and O–H groups in total. The van der Waals surface area contributed by atoms with Crippen molar-refractivity contribution in [3.63, 3.8) is 0 Å². The van der Waals surface area contributed by atoms with Crippen LogP contribution in [0, 0.1) is 0 Å². The number of likely N-dealkylation sites (tertiary alicyclic amines) is 1. The van der Waals surface area contributed by atoms with Crippen LogP contribution in [-0.2, 0) is 9.59 Å². The first-order valence-corrected chi connectivity index (χ1v) is 10.0. The van der Waals surface area contributed by atoms with Crippen LogP contribution in [0.4, 0.5) is 5.69 Å². The van der Waals surface area contributed by atoms with E-state index in [1.54, 1.807) is 29.2 Å². The number of aliphatic hydroxyl groups excluding tert-OH is 1. The van der Waals surface area contributed by atoms with Gasteiger partial charge in [-0.15, -0.1) is 0 Å². The molecule has 0 radical (unpaired) electrons. The number of aliphatic hydroxyl groups is 1. The highest BCUT2D eigenvalue weighted by Crippen LogP contribution is 2.40. The van der Waals surface area contributed by atoms with Crippen LogP contribution in [0.3, 0.4) is 0 Å². The highest BCUT2D eigenvalue weighted by Gasteiger charge is 2.45. The van der Waals surface area contributed by atoms with E-state index in [0.717, 1.165) is 24.1 Å². The Kier molecular flexibility index (Phi) is 6.28. The molecule has 1 saturated heterocycles. The lowest BCUT2D eigenvalue weighted by Crippen LogP contribution is -2.30. The van der Waals surface area contributed by atoms with Gasteiger partial charge in [0.2, 0.25) is 0 Å². The van der Waals surface area contributed by atoms with Gasteiger partial charge in [0.15, 0.2) is 0 Å². The normalized spacial score (nSPS) is 18.3. The van der Waals surface area contributed by atoms with E-state index < -0.39 is 17.7 Å². The molecule has 6 heteroatoms. The zero-order chi connectivity index (χ0) is 21.1. The van der Waals surface area contributed by atoms with Gasteiger partial charge in [-0.05, 0) is 48.4 Å². The lowest BCUT2D eigenvalue weighted by molar-refractivity contribution is -0.139. The number of Topliss-reactive ketones (excluding diaryl/α,β-unsaturated/α-hetero) is 1. The van der Waals surface area contributed by atoms with Crippen LogP contribution in [0.5, 0.6) is 0 Å². The number of ketones is 1. The van der Waals surface area contributed by atoms with Crippen LogP contribution in [0.1, 0.15) is 36.9 Å². The second-order valence-electron chi connectivity index (χ2n) is 7.34.